The molecule has 9 nitrogen and oxygen atoms in total. The summed E-state index contributed by atoms with van der Waals surface area (Å²) >= 11 is 0. The molecule has 2 aromatic rings. The zero-order valence-corrected chi connectivity index (χ0v) is 21.2. The van der Waals surface area contributed by atoms with E-state index in [9.17, 15) is 18.0 Å². The summed E-state index contributed by atoms with van der Waals surface area (Å²) < 4.78 is 32.2. The molecule has 0 atom stereocenters. The highest BCUT2D eigenvalue weighted by Gasteiger charge is 2.28. The quantitative estimate of drug-likeness (QED) is 0.360. The smallest absolute Gasteiger partial charge is 0.340 e. The summed E-state index contributed by atoms with van der Waals surface area (Å²) in [7, 11) is -2.33. The van der Waals surface area contributed by atoms with Gasteiger partial charge in [0.1, 0.15) is 0 Å². The highest BCUT2D eigenvalue weighted by atomic mass is 32.2. The molecule has 1 fully saturated rings. The largest absolute Gasteiger partial charge is 0.462 e. The summed E-state index contributed by atoms with van der Waals surface area (Å²) in [5, 5.41) is 2.79. The van der Waals surface area contributed by atoms with Gasteiger partial charge in [0.05, 0.1) is 22.6 Å². The number of hydrogen-bond donors (Lipinski definition) is 3. The van der Waals surface area contributed by atoms with Crippen molar-refractivity contribution in [3.63, 3.8) is 0 Å². The van der Waals surface area contributed by atoms with Gasteiger partial charge in [-0.3, -0.25) is 4.79 Å². The molecule has 0 aliphatic carbocycles. The van der Waals surface area contributed by atoms with Gasteiger partial charge in [0.2, 0.25) is 10.0 Å². The fourth-order valence-corrected chi connectivity index (χ4v) is 5.54. The molecule has 1 aromatic heterocycles. The normalized spacial score (nSPS) is 17.1. The first-order valence-electron chi connectivity index (χ1n) is 12.0. The van der Waals surface area contributed by atoms with E-state index in [-0.39, 0.29) is 23.4 Å². The van der Waals surface area contributed by atoms with Crippen LogP contribution in [0.15, 0.2) is 23.1 Å². The number of benzene rings is 1. The van der Waals surface area contributed by atoms with Crippen LogP contribution in [0.3, 0.4) is 0 Å². The van der Waals surface area contributed by atoms with Crippen LogP contribution in [-0.4, -0.2) is 63.5 Å². The van der Waals surface area contributed by atoms with Crippen molar-refractivity contribution in [2.75, 3.05) is 38.6 Å². The number of rotatable bonds is 9. The van der Waals surface area contributed by atoms with E-state index < -0.39 is 10.0 Å². The number of fused-ring (bicyclic) bond motifs is 1. The molecule has 1 saturated heterocycles. The molecule has 3 N–H and O–H groups in total. The lowest BCUT2D eigenvalue weighted by Crippen LogP contribution is -2.21. The minimum Gasteiger partial charge on any atom is -0.462 e. The summed E-state index contributed by atoms with van der Waals surface area (Å²) in [6, 6.07) is 4.52. The van der Waals surface area contributed by atoms with Gasteiger partial charge in [0.15, 0.2) is 0 Å². The summed E-state index contributed by atoms with van der Waals surface area (Å²) in [6.07, 6.45) is 5.66. The molecule has 0 bridgehead atoms. The van der Waals surface area contributed by atoms with Gasteiger partial charge in [-0.15, -0.1) is 0 Å². The number of carbonyl (C=O) groups excluding carboxylic acids is 2. The molecule has 3 heterocycles. The molecule has 0 spiro atoms. The number of nitrogens with zero attached hydrogens (tertiary/aromatic N) is 1. The van der Waals surface area contributed by atoms with Gasteiger partial charge in [0.25, 0.3) is 5.91 Å². The Kier molecular flexibility index (Phi) is 7.44. The van der Waals surface area contributed by atoms with Crippen molar-refractivity contribution < 1.29 is 22.7 Å². The highest BCUT2D eigenvalue weighted by molar-refractivity contribution is 7.89. The second kappa shape index (κ2) is 10.3. The number of anilines is 1. The van der Waals surface area contributed by atoms with Gasteiger partial charge in [-0.05, 0) is 96.1 Å². The number of amides is 1. The van der Waals surface area contributed by atoms with Crippen molar-refractivity contribution in [1.29, 1.82) is 0 Å². The summed E-state index contributed by atoms with van der Waals surface area (Å²) in [5.41, 5.74) is 4.03. The number of aromatic amines is 1. The van der Waals surface area contributed by atoms with Gasteiger partial charge in [-0.1, -0.05) is 0 Å². The molecular weight excluding hydrogens is 468 g/mol. The number of likely N-dealkylation sites (tertiary alicyclic amines) is 1. The fraction of sp³-hybridized carbons (Fsp3) is 0.440. The van der Waals surface area contributed by atoms with Gasteiger partial charge < -0.3 is 19.9 Å². The third kappa shape index (κ3) is 5.19. The molecule has 1 aromatic carbocycles. The van der Waals surface area contributed by atoms with Gasteiger partial charge in [-0.25, -0.2) is 17.9 Å². The lowest BCUT2D eigenvalue weighted by Gasteiger charge is -2.14. The Morgan fingerprint density at radius 1 is 1.26 bits per heavy atom. The van der Waals surface area contributed by atoms with E-state index >= 15 is 0 Å². The van der Waals surface area contributed by atoms with Crippen LogP contribution in [0.2, 0.25) is 0 Å². The van der Waals surface area contributed by atoms with E-state index in [4.69, 9.17) is 4.74 Å². The first-order chi connectivity index (χ1) is 16.7. The molecule has 0 unspecified atom stereocenters. The molecular formula is C25H32N4O5S. The van der Waals surface area contributed by atoms with Crippen LogP contribution < -0.4 is 10.0 Å². The molecule has 10 heteroatoms. The first-order valence-corrected chi connectivity index (χ1v) is 13.5. The van der Waals surface area contributed by atoms with Crippen molar-refractivity contribution in [2.24, 2.45) is 0 Å². The number of carbonyl (C=O) groups is 2. The topological polar surface area (TPSA) is 121 Å². The predicted molar refractivity (Wildman–Crippen MR) is 135 cm³/mol. The Labute approximate surface area is 206 Å². The Morgan fingerprint density at radius 3 is 2.69 bits per heavy atom. The highest BCUT2D eigenvalue weighted by Crippen LogP contribution is 2.36. The van der Waals surface area contributed by atoms with Crippen LogP contribution in [0.4, 0.5) is 5.69 Å². The fourth-order valence-electron chi connectivity index (χ4n) is 4.79. The van der Waals surface area contributed by atoms with E-state index in [2.05, 4.69) is 19.9 Å². The average Bonchev–Trinajstić information content (AvgIpc) is 3.52. The van der Waals surface area contributed by atoms with Crippen molar-refractivity contribution in [3.8, 4) is 0 Å². The second-order valence-electron chi connectivity index (χ2n) is 8.82. The number of esters is 1. The number of H-pyrrole nitrogens is 1. The molecule has 1 amide bonds. The third-order valence-corrected chi connectivity index (χ3v) is 7.96. The predicted octanol–water partition coefficient (Wildman–Crippen LogP) is 2.93. The molecule has 4 rings (SSSR count). The standard InChI is InChI=1S/C25H32N4O5S/c1-4-34-25(31)23-16(2)27-22(18(23)8-7-13-29-11-5-6-12-29)15-20-19-14-17(35(32,33)26-3)9-10-21(19)28-24(20)30/h9-10,14-15,26-27H,4-8,11-13H2,1-3H3,(H,28,30)/b20-15-. The number of nitrogens with one attached hydrogen (secondary N) is 3. The lowest BCUT2D eigenvalue weighted by molar-refractivity contribution is -0.110. The van der Waals surface area contributed by atoms with E-state index in [0.717, 1.165) is 31.6 Å². The van der Waals surface area contributed by atoms with Crippen molar-refractivity contribution in [3.05, 3.63) is 46.3 Å². The van der Waals surface area contributed by atoms with Crippen LogP contribution in [0.5, 0.6) is 0 Å². The Bertz CT molecular complexity index is 1270. The Balaban J connectivity index is 1.73. The first kappa shape index (κ1) is 25.2. The summed E-state index contributed by atoms with van der Waals surface area (Å²) in [4.78, 5) is 31.4. The maximum atomic E-state index is 12.8. The maximum Gasteiger partial charge on any atom is 0.340 e. The number of sulfonamides is 1. The van der Waals surface area contributed by atoms with Gasteiger partial charge in [-0.2, -0.15) is 0 Å². The van der Waals surface area contributed by atoms with Crippen LogP contribution in [0.25, 0.3) is 11.6 Å². The Hall–Kier alpha value is -2.95. The SMILES string of the molecule is CCOC(=O)c1c(C)[nH]c(/C=C2\C(=O)Nc3ccc(S(=O)(=O)NC)cc32)c1CCCN1CCCC1. The minimum absolute atomic E-state index is 0.0712. The molecule has 2 aliphatic heterocycles. The van der Waals surface area contributed by atoms with Gasteiger partial charge >= 0.3 is 5.97 Å². The molecule has 0 saturated carbocycles. The molecule has 0 radical (unpaired) electrons. The molecule has 35 heavy (non-hydrogen) atoms. The van der Waals surface area contributed by atoms with Crippen molar-refractivity contribution in [2.45, 2.75) is 44.4 Å². The van der Waals surface area contributed by atoms with Crippen molar-refractivity contribution >= 4 is 39.2 Å². The molecule has 188 valence electrons. The van der Waals surface area contributed by atoms with E-state index in [1.165, 1.54) is 32.0 Å². The van der Waals surface area contributed by atoms with E-state index in [1.807, 2.05) is 6.92 Å². The lowest BCUT2D eigenvalue weighted by atomic mass is 10.00. The number of ether oxygens (including phenoxy) is 1. The number of hydrogen-bond acceptors (Lipinski definition) is 6. The van der Waals surface area contributed by atoms with Crippen LogP contribution >= 0.6 is 0 Å². The molecule has 2 aliphatic rings. The van der Waals surface area contributed by atoms with Crippen LogP contribution in [-0.2, 0) is 26.0 Å². The summed E-state index contributed by atoms with van der Waals surface area (Å²) in [6.45, 7) is 7.00. The third-order valence-electron chi connectivity index (χ3n) is 6.55. The van der Waals surface area contributed by atoms with Crippen LogP contribution in [0, 0.1) is 6.92 Å². The van der Waals surface area contributed by atoms with Crippen LogP contribution in [0.1, 0.15) is 59.1 Å². The Morgan fingerprint density at radius 2 is 2.00 bits per heavy atom. The minimum atomic E-state index is -3.67. The monoisotopic (exact) mass is 500 g/mol. The maximum absolute atomic E-state index is 12.8. The zero-order chi connectivity index (χ0) is 25.2. The second-order valence-corrected chi connectivity index (χ2v) is 10.7. The summed E-state index contributed by atoms with van der Waals surface area (Å²) in [5.74, 6) is -0.715. The van der Waals surface area contributed by atoms with Crippen molar-refractivity contribution in [1.82, 2.24) is 14.6 Å². The van der Waals surface area contributed by atoms with E-state index in [0.29, 0.717) is 40.2 Å². The van der Waals surface area contributed by atoms with Gasteiger partial charge in [0, 0.05) is 22.6 Å². The van der Waals surface area contributed by atoms with E-state index in [1.54, 1.807) is 19.1 Å². The number of aryl methyl sites for hydroxylation is 1. The average molecular weight is 501 g/mol. The number of aromatic nitrogens is 1. The zero-order valence-electron chi connectivity index (χ0n) is 20.4.